The Kier molecular flexibility index (Phi) is 9.16. The van der Waals surface area contributed by atoms with Crippen LogP contribution < -0.4 is 0 Å². The number of carbonyl (C=O) groups excluding carboxylic acids is 1. The summed E-state index contributed by atoms with van der Waals surface area (Å²) in [7, 11) is 0. The van der Waals surface area contributed by atoms with Crippen LogP contribution in [-0.2, 0) is 23.8 Å². The van der Waals surface area contributed by atoms with Crippen molar-refractivity contribution < 1.29 is 28.9 Å². The minimum atomic E-state index is -1.01. The molecule has 0 aliphatic carbocycles. The van der Waals surface area contributed by atoms with Gasteiger partial charge in [-0.3, -0.25) is 9.59 Å². The van der Waals surface area contributed by atoms with E-state index < -0.39 is 11.9 Å². The molecule has 0 bridgehead atoms. The third-order valence-corrected chi connectivity index (χ3v) is 2.14. The zero-order valence-electron chi connectivity index (χ0n) is 12.0. The first kappa shape index (κ1) is 17.9. The van der Waals surface area contributed by atoms with Gasteiger partial charge in [0, 0.05) is 0 Å². The fraction of sp³-hybridized carbons (Fsp3) is 0.846. The van der Waals surface area contributed by atoms with Gasteiger partial charge in [-0.05, 0) is 27.7 Å². The summed E-state index contributed by atoms with van der Waals surface area (Å²) < 4.78 is 15.9. The first-order valence-electron chi connectivity index (χ1n) is 6.45. The number of carboxylic acids is 1. The Hall–Kier alpha value is -1.14. The van der Waals surface area contributed by atoms with Gasteiger partial charge in [0.1, 0.15) is 6.61 Å². The number of hydrogen-bond acceptors (Lipinski definition) is 5. The Balaban J connectivity index is 3.66. The summed E-state index contributed by atoms with van der Waals surface area (Å²) in [4.78, 5) is 21.4. The number of rotatable bonds is 10. The molecule has 6 heteroatoms. The Morgan fingerprint density at radius 1 is 1.00 bits per heavy atom. The molecular weight excluding hydrogens is 252 g/mol. The zero-order valence-corrected chi connectivity index (χ0v) is 12.0. The molecule has 19 heavy (non-hydrogen) atoms. The van der Waals surface area contributed by atoms with Gasteiger partial charge in [0.25, 0.3) is 0 Å². The maximum Gasteiger partial charge on any atom is 0.306 e. The maximum absolute atomic E-state index is 11.2. The van der Waals surface area contributed by atoms with Gasteiger partial charge in [0.2, 0.25) is 0 Å². The molecular formula is C13H24O6. The molecule has 0 saturated carbocycles. The number of carboxylic acid groups (broad SMARTS) is 1. The van der Waals surface area contributed by atoms with Gasteiger partial charge in [-0.1, -0.05) is 0 Å². The Labute approximate surface area is 114 Å². The molecule has 2 atom stereocenters. The van der Waals surface area contributed by atoms with Crippen molar-refractivity contribution >= 4 is 11.9 Å². The Morgan fingerprint density at radius 2 is 1.63 bits per heavy atom. The number of ether oxygens (including phenoxy) is 3. The largest absolute Gasteiger partial charge is 0.481 e. The predicted octanol–water partition coefficient (Wildman–Crippen LogP) is 1.61. The van der Waals surface area contributed by atoms with E-state index in [0.717, 1.165) is 0 Å². The van der Waals surface area contributed by atoms with Crippen LogP contribution in [0.5, 0.6) is 0 Å². The zero-order chi connectivity index (χ0) is 14.8. The number of hydrogen-bond donors (Lipinski definition) is 1. The lowest BCUT2D eigenvalue weighted by atomic mass is 10.3. The number of esters is 1. The highest BCUT2D eigenvalue weighted by Gasteiger charge is 2.11. The van der Waals surface area contributed by atoms with Gasteiger partial charge in [-0.25, -0.2) is 0 Å². The summed E-state index contributed by atoms with van der Waals surface area (Å²) in [5.74, 6) is -1.54. The topological polar surface area (TPSA) is 82.1 Å². The SMILES string of the molecule is CC(C)OC(C)COC(C)COC(=O)CCC(=O)O. The lowest BCUT2D eigenvalue weighted by molar-refractivity contribution is -0.151. The van der Waals surface area contributed by atoms with Crippen LogP contribution in [0, 0.1) is 0 Å². The van der Waals surface area contributed by atoms with Crippen LogP contribution in [-0.4, -0.2) is 48.6 Å². The average molecular weight is 276 g/mol. The molecule has 0 aliphatic rings. The fourth-order valence-corrected chi connectivity index (χ4v) is 1.34. The summed E-state index contributed by atoms with van der Waals surface area (Å²) in [5, 5.41) is 8.41. The number of aliphatic carboxylic acids is 1. The Bertz CT molecular complexity index is 276. The molecule has 0 aromatic carbocycles. The van der Waals surface area contributed by atoms with E-state index in [1.165, 1.54) is 0 Å². The van der Waals surface area contributed by atoms with Crippen molar-refractivity contribution in [2.75, 3.05) is 13.2 Å². The molecule has 0 fully saturated rings. The van der Waals surface area contributed by atoms with Crippen LogP contribution in [0.3, 0.4) is 0 Å². The highest BCUT2D eigenvalue weighted by molar-refractivity contribution is 5.76. The van der Waals surface area contributed by atoms with E-state index in [2.05, 4.69) is 0 Å². The van der Waals surface area contributed by atoms with Gasteiger partial charge in [-0.2, -0.15) is 0 Å². The molecule has 0 amide bonds. The summed E-state index contributed by atoms with van der Waals surface area (Å²) in [5.41, 5.74) is 0. The van der Waals surface area contributed by atoms with Crippen molar-refractivity contribution in [3.05, 3.63) is 0 Å². The van der Waals surface area contributed by atoms with Crippen LogP contribution in [0.25, 0.3) is 0 Å². The molecule has 0 radical (unpaired) electrons. The van der Waals surface area contributed by atoms with E-state index in [1.807, 2.05) is 20.8 Å². The van der Waals surface area contributed by atoms with Gasteiger partial charge in [0.05, 0.1) is 37.8 Å². The van der Waals surface area contributed by atoms with E-state index in [9.17, 15) is 9.59 Å². The summed E-state index contributed by atoms with van der Waals surface area (Å²) in [6, 6.07) is 0. The molecule has 0 spiro atoms. The first-order valence-corrected chi connectivity index (χ1v) is 6.45. The fourth-order valence-electron chi connectivity index (χ4n) is 1.34. The highest BCUT2D eigenvalue weighted by Crippen LogP contribution is 2.02. The lowest BCUT2D eigenvalue weighted by Crippen LogP contribution is -2.26. The standard InChI is InChI=1S/C13H24O6/c1-9(2)19-11(4)8-17-10(3)7-18-13(16)6-5-12(14)15/h9-11H,5-8H2,1-4H3,(H,14,15). The molecule has 0 heterocycles. The second kappa shape index (κ2) is 9.75. The first-order chi connectivity index (χ1) is 8.81. The van der Waals surface area contributed by atoms with E-state index >= 15 is 0 Å². The molecule has 0 aliphatic heterocycles. The molecule has 2 unspecified atom stereocenters. The maximum atomic E-state index is 11.2. The number of carbonyl (C=O) groups is 2. The van der Waals surface area contributed by atoms with E-state index in [1.54, 1.807) is 6.92 Å². The summed E-state index contributed by atoms with van der Waals surface area (Å²) >= 11 is 0. The molecule has 0 saturated heterocycles. The van der Waals surface area contributed by atoms with Crippen molar-refractivity contribution in [1.82, 2.24) is 0 Å². The van der Waals surface area contributed by atoms with Crippen molar-refractivity contribution in [2.45, 2.75) is 58.8 Å². The van der Waals surface area contributed by atoms with Gasteiger partial charge < -0.3 is 19.3 Å². The second-order valence-corrected chi connectivity index (χ2v) is 4.72. The van der Waals surface area contributed by atoms with Gasteiger partial charge in [-0.15, -0.1) is 0 Å². The minimum absolute atomic E-state index is 0.0230. The highest BCUT2D eigenvalue weighted by atomic mass is 16.6. The quantitative estimate of drug-likeness (QED) is 0.610. The van der Waals surface area contributed by atoms with Crippen molar-refractivity contribution in [3.63, 3.8) is 0 Å². The van der Waals surface area contributed by atoms with Crippen molar-refractivity contribution in [1.29, 1.82) is 0 Å². The Morgan fingerprint density at radius 3 is 2.16 bits per heavy atom. The van der Waals surface area contributed by atoms with Crippen LogP contribution in [0.15, 0.2) is 0 Å². The molecule has 112 valence electrons. The minimum Gasteiger partial charge on any atom is -0.481 e. The third-order valence-electron chi connectivity index (χ3n) is 2.14. The summed E-state index contributed by atoms with van der Waals surface area (Å²) in [6.07, 6.45) is -0.456. The van der Waals surface area contributed by atoms with Gasteiger partial charge in [0.15, 0.2) is 0 Å². The predicted molar refractivity (Wildman–Crippen MR) is 68.9 cm³/mol. The molecule has 0 aromatic heterocycles. The molecule has 0 aromatic rings. The summed E-state index contributed by atoms with van der Waals surface area (Å²) in [6.45, 7) is 8.13. The molecule has 1 N–H and O–H groups in total. The lowest BCUT2D eigenvalue weighted by Gasteiger charge is -2.19. The molecule has 0 rings (SSSR count). The molecule has 6 nitrogen and oxygen atoms in total. The van der Waals surface area contributed by atoms with E-state index in [-0.39, 0.29) is 37.8 Å². The third kappa shape index (κ3) is 11.7. The van der Waals surface area contributed by atoms with Crippen molar-refractivity contribution in [3.8, 4) is 0 Å². The van der Waals surface area contributed by atoms with E-state index in [4.69, 9.17) is 19.3 Å². The van der Waals surface area contributed by atoms with E-state index in [0.29, 0.717) is 6.61 Å². The van der Waals surface area contributed by atoms with Crippen LogP contribution in [0.2, 0.25) is 0 Å². The van der Waals surface area contributed by atoms with Crippen molar-refractivity contribution in [2.24, 2.45) is 0 Å². The second-order valence-electron chi connectivity index (χ2n) is 4.72. The average Bonchev–Trinajstić information content (AvgIpc) is 2.30. The normalized spacial score (nSPS) is 14.2. The monoisotopic (exact) mass is 276 g/mol. The van der Waals surface area contributed by atoms with Crippen LogP contribution >= 0.6 is 0 Å². The van der Waals surface area contributed by atoms with Crippen LogP contribution in [0.4, 0.5) is 0 Å². The van der Waals surface area contributed by atoms with Crippen LogP contribution in [0.1, 0.15) is 40.5 Å². The van der Waals surface area contributed by atoms with Gasteiger partial charge >= 0.3 is 11.9 Å². The smallest absolute Gasteiger partial charge is 0.306 e.